The molecule has 0 aliphatic carbocycles. The van der Waals surface area contributed by atoms with Gasteiger partial charge in [0.2, 0.25) is 0 Å². The molecule has 0 atom stereocenters. The summed E-state index contributed by atoms with van der Waals surface area (Å²) in [6, 6.07) is 0. The summed E-state index contributed by atoms with van der Waals surface area (Å²) in [5.74, 6) is 0. The summed E-state index contributed by atoms with van der Waals surface area (Å²) in [5.41, 5.74) is 1.27. The van der Waals surface area contributed by atoms with Crippen LogP contribution in [0.1, 0.15) is 33.6 Å². The second-order valence-electron chi connectivity index (χ2n) is 1.97. The summed E-state index contributed by atoms with van der Waals surface area (Å²) in [6.07, 6.45) is 2.26. The standard InChI is InChI=1S/C7H15N/c1-4-6-8-7(3)5-2/h4-6H2,1-3H3. The van der Waals surface area contributed by atoms with Gasteiger partial charge in [-0.25, -0.2) is 0 Å². The van der Waals surface area contributed by atoms with E-state index in [9.17, 15) is 0 Å². The molecule has 48 valence electrons. The summed E-state index contributed by atoms with van der Waals surface area (Å²) in [7, 11) is 0. The second kappa shape index (κ2) is 4.82. The highest BCUT2D eigenvalue weighted by Crippen LogP contribution is 1.85. The monoisotopic (exact) mass is 113 g/mol. The summed E-state index contributed by atoms with van der Waals surface area (Å²) in [5, 5.41) is 0. The molecular formula is C7H15N. The van der Waals surface area contributed by atoms with Gasteiger partial charge in [0.15, 0.2) is 0 Å². The van der Waals surface area contributed by atoms with Crippen molar-refractivity contribution in [2.75, 3.05) is 6.54 Å². The molecule has 0 aromatic heterocycles. The molecule has 0 N–H and O–H groups in total. The fraction of sp³-hybridized carbons (Fsp3) is 0.857. The smallest absolute Gasteiger partial charge is 0.0385 e. The lowest BCUT2D eigenvalue weighted by molar-refractivity contribution is 0.925. The molecular weight excluding hydrogens is 98.1 g/mol. The van der Waals surface area contributed by atoms with E-state index in [1.54, 1.807) is 0 Å². The molecule has 8 heavy (non-hydrogen) atoms. The van der Waals surface area contributed by atoms with Crippen LogP contribution in [-0.2, 0) is 0 Å². The van der Waals surface area contributed by atoms with Crippen LogP contribution in [0.4, 0.5) is 0 Å². The van der Waals surface area contributed by atoms with Gasteiger partial charge >= 0.3 is 0 Å². The minimum Gasteiger partial charge on any atom is -0.294 e. The van der Waals surface area contributed by atoms with Crippen molar-refractivity contribution < 1.29 is 0 Å². The van der Waals surface area contributed by atoms with Gasteiger partial charge in [-0.2, -0.15) is 0 Å². The molecule has 0 amide bonds. The van der Waals surface area contributed by atoms with Crippen molar-refractivity contribution in [3.8, 4) is 0 Å². The molecule has 0 heterocycles. The van der Waals surface area contributed by atoms with Crippen LogP contribution in [0.25, 0.3) is 0 Å². The maximum absolute atomic E-state index is 4.28. The molecule has 0 aromatic carbocycles. The highest BCUT2D eigenvalue weighted by Gasteiger charge is 1.80. The van der Waals surface area contributed by atoms with Crippen LogP contribution in [-0.4, -0.2) is 12.3 Å². The van der Waals surface area contributed by atoms with Crippen molar-refractivity contribution >= 4 is 5.71 Å². The minimum atomic E-state index is 1.000. The third-order valence-electron chi connectivity index (χ3n) is 1.12. The predicted octanol–water partition coefficient (Wildman–Crippen LogP) is 2.27. The van der Waals surface area contributed by atoms with E-state index in [1.807, 2.05) is 0 Å². The van der Waals surface area contributed by atoms with Crippen molar-refractivity contribution in [3.05, 3.63) is 0 Å². The Hall–Kier alpha value is -0.330. The maximum Gasteiger partial charge on any atom is 0.0385 e. The molecule has 0 bridgehead atoms. The van der Waals surface area contributed by atoms with Gasteiger partial charge in [-0.15, -0.1) is 0 Å². The largest absolute Gasteiger partial charge is 0.294 e. The Bertz CT molecular complexity index is 74.5. The molecule has 0 aromatic rings. The zero-order valence-corrected chi connectivity index (χ0v) is 6.07. The zero-order chi connectivity index (χ0) is 6.41. The topological polar surface area (TPSA) is 12.4 Å². The first kappa shape index (κ1) is 7.67. The molecule has 0 aliphatic heterocycles. The highest BCUT2D eigenvalue weighted by molar-refractivity contribution is 5.81. The van der Waals surface area contributed by atoms with Crippen molar-refractivity contribution in [2.24, 2.45) is 4.99 Å². The Kier molecular flexibility index (Phi) is 4.62. The average Bonchev–Trinajstić information content (AvgIpc) is 1.83. The van der Waals surface area contributed by atoms with E-state index in [1.165, 1.54) is 5.71 Å². The van der Waals surface area contributed by atoms with Gasteiger partial charge in [0, 0.05) is 12.3 Å². The summed E-state index contributed by atoms with van der Waals surface area (Å²) in [4.78, 5) is 4.28. The highest BCUT2D eigenvalue weighted by atomic mass is 14.7. The van der Waals surface area contributed by atoms with Gasteiger partial charge in [0.25, 0.3) is 0 Å². The maximum atomic E-state index is 4.28. The lowest BCUT2D eigenvalue weighted by atomic mass is 10.3. The van der Waals surface area contributed by atoms with E-state index in [4.69, 9.17) is 0 Å². The van der Waals surface area contributed by atoms with E-state index in [0.717, 1.165) is 19.4 Å². The van der Waals surface area contributed by atoms with E-state index in [0.29, 0.717) is 0 Å². The van der Waals surface area contributed by atoms with Crippen LogP contribution >= 0.6 is 0 Å². The van der Waals surface area contributed by atoms with Gasteiger partial charge in [-0.1, -0.05) is 13.8 Å². The second-order valence-corrected chi connectivity index (χ2v) is 1.97. The number of aliphatic imine (C=N–C) groups is 1. The average molecular weight is 113 g/mol. The van der Waals surface area contributed by atoms with Crippen molar-refractivity contribution in [3.63, 3.8) is 0 Å². The molecule has 0 radical (unpaired) electrons. The first-order valence-corrected chi connectivity index (χ1v) is 3.31. The molecule has 0 fully saturated rings. The van der Waals surface area contributed by atoms with E-state index in [-0.39, 0.29) is 0 Å². The van der Waals surface area contributed by atoms with E-state index >= 15 is 0 Å². The van der Waals surface area contributed by atoms with Crippen molar-refractivity contribution in [1.29, 1.82) is 0 Å². The fourth-order valence-corrected chi connectivity index (χ4v) is 0.414. The Labute approximate surface area is 51.8 Å². The lowest BCUT2D eigenvalue weighted by Gasteiger charge is -1.91. The molecule has 0 saturated carbocycles. The Morgan fingerprint density at radius 2 is 2.00 bits per heavy atom. The van der Waals surface area contributed by atoms with Gasteiger partial charge in [0.1, 0.15) is 0 Å². The lowest BCUT2D eigenvalue weighted by Crippen LogP contribution is -1.88. The Morgan fingerprint density at radius 3 is 2.38 bits per heavy atom. The van der Waals surface area contributed by atoms with Gasteiger partial charge in [-0.3, -0.25) is 4.99 Å². The SMILES string of the molecule is CCCN=C(C)CC. The fourth-order valence-electron chi connectivity index (χ4n) is 0.414. The molecule has 0 rings (SSSR count). The quantitative estimate of drug-likeness (QED) is 0.498. The van der Waals surface area contributed by atoms with Gasteiger partial charge in [-0.05, 0) is 19.8 Å². The summed E-state index contributed by atoms with van der Waals surface area (Å²) >= 11 is 0. The normalized spacial score (nSPS) is 12.1. The molecule has 0 aliphatic rings. The number of hydrogen-bond acceptors (Lipinski definition) is 1. The van der Waals surface area contributed by atoms with Crippen LogP contribution in [0.2, 0.25) is 0 Å². The molecule has 0 unspecified atom stereocenters. The predicted molar refractivity (Wildman–Crippen MR) is 38.6 cm³/mol. The minimum absolute atomic E-state index is 1.000. The van der Waals surface area contributed by atoms with Crippen molar-refractivity contribution in [2.45, 2.75) is 33.6 Å². The van der Waals surface area contributed by atoms with Crippen LogP contribution in [0.15, 0.2) is 4.99 Å². The first-order valence-electron chi connectivity index (χ1n) is 3.31. The van der Waals surface area contributed by atoms with Crippen LogP contribution in [0.5, 0.6) is 0 Å². The Balaban J connectivity index is 3.26. The molecule has 1 nitrogen and oxygen atoms in total. The first-order chi connectivity index (χ1) is 3.81. The van der Waals surface area contributed by atoms with Gasteiger partial charge < -0.3 is 0 Å². The molecule has 0 saturated heterocycles. The number of rotatable bonds is 3. The Morgan fingerprint density at radius 1 is 1.38 bits per heavy atom. The molecule has 1 heteroatoms. The zero-order valence-electron chi connectivity index (χ0n) is 6.07. The van der Waals surface area contributed by atoms with Gasteiger partial charge in [0.05, 0.1) is 0 Å². The van der Waals surface area contributed by atoms with Crippen LogP contribution in [0.3, 0.4) is 0 Å². The summed E-state index contributed by atoms with van der Waals surface area (Å²) < 4.78 is 0. The summed E-state index contributed by atoms with van der Waals surface area (Å²) in [6.45, 7) is 7.36. The van der Waals surface area contributed by atoms with Crippen LogP contribution in [0, 0.1) is 0 Å². The van der Waals surface area contributed by atoms with Crippen LogP contribution < -0.4 is 0 Å². The third-order valence-corrected chi connectivity index (χ3v) is 1.12. The number of nitrogens with zero attached hydrogens (tertiary/aromatic N) is 1. The third kappa shape index (κ3) is 3.85. The molecule has 0 spiro atoms. The number of hydrogen-bond donors (Lipinski definition) is 0. The van der Waals surface area contributed by atoms with E-state index in [2.05, 4.69) is 25.8 Å². The van der Waals surface area contributed by atoms with Crippen molar-refractivity contribution in [1.82, 2.24) is 0 Å². The van der Waals surface area contributed by atoms with E-state index < -0.39 is 0 Å².